The highest BCUT2D eigenvalue weighted by Crippen LogP contribution is 2.25. The summed E-state index contributed by atoms with van der Waals surface area (Å²) in [6.07, 6.45) is 2.16. The van der Waals surface area contributed by atoms with E-state index in [0.717, 1.165) is 31.5 Å². The van der Waals surface area contributed by atoms with E-state index in [2.05, 4.69) is 38.3 Å². The highest BCUT2D eigenvalue weighted by atomic mass is 16.5. The lowest BCUT2D eigenvalue weighted by Crippen LogP contribution is -2.45. The SMILES string of the molecule is CC(C)C(CO[C@H](C(C)C)C1CCNCC1)NC(=O)OCc1ccccc1. The molecule has 0 aromatic heterocycles. The number of rotatable bonds is 9. The zero-order chi connectivity index (χ0) is 19.6. The summed E-state index contributed by atoms with van der Waals surface area (Å²) in [6.45, 7) is 11.6. The fourth-order valence-electron chi connectivity index (χ4n) is 3.58. The molecule has 5 heteroatoms. The number of hydrogen-bond donors (Lipinski definition) is 2. The van der Waals surface area contributed by atoms with Crippen LogP contribution in [0.1, 0.15) is 46.1 Å². The second kappa shape index (κ2) is 11.3. The minimum Gasteiger partial charge on any atom is -0.445 e. The molecule has 1 heterocycles. The third-order valence-electron chi connectivity index (χ3n) is 5.29. The van der Waals surface area contributed by atoms with Gasteiger partial charge in [0.1, 0.15) is 6.61 Å². The molecular formula is C22H36N2O3. The molecule has 1 saturated heterocycles. The second-order valence-electron chi connectivity index (χ2n) is 8.19. The minimum absolute atomic E-state index is 0.0590. The highest BCUT2D eigenvalue weighted by molar-refractivity contribution is 5.67. The summed E-state index contributed by atoms with van der Waals surface area (Å²) < 4.78 is 11.7. The van der Waals surface area contributed by atoms with E-state index >= 15 is 0 Å². The Morgan fingerprint density at radius 3 is 2.37 bits per heavy atom. The van der Waals surface area contributed by atoms with Gasteiger partial charge < -0.3 is 20.1 Å². The Kier molecular flexibility index (Phi) is 9.08. The average Bonchev–Trinajstić information content (AvgIpc) is 2.67. The molecule has 5 nitrogen and oxygen atoms in total. The van der Waals surface area contributed by atoms with Crippen molar-refractivity contribution in [2.45, 2.75) is 59.3 Å². The fourth-order valence-corrected chi connectivity index (χ4v) is 3.58. The van der Waals surface area contributed by atoms with Gasteiger partial charge in [0.05, 0.1) is 18.8 Å². The van der Waals surface area contributed by atoms with Crippen molar-refractivity contribution in [1.82, 2.24) is 10.6 Å². The maximum Gasteiger partial charge on any atom is 0.407 e. The van der Waals surface area contributed by atoms with Crippen molar-refractivity contribution in [3.05, 3.63) is 35.9 Å². The predicted molar refractivity (Wildman–Crippen MR) is 109 cm³/mol. The fraction of sp³-hybridized carbons (Fsp3) is 0.682. The van der Waals surface area contributed by atoms with E-state index in [1.807, 2.05) is 30.3 Å². The first kappa shape index (κ1) is 21.7. The van der Waals surface area contributed by atoms with Gasteiger partial charge in [0.15, 0.2) is 0 Å². The molecule has 0 saturated carbocycles. The second-order valence-corrected chi connectivity index (χ2v) is 8.19. The van der Waals surface area contributed by atoms with Gasteiger partial charge in [-0.25, -0.2) is 4.79 Å². The monoisotopic (exact) mass is 376 g/mol. The summed E-state index contributed by atoms with van der Waals surface area (Å²) in [6, 6.07) is 9.66. The van der Waals surface area contributed by atoms with Crippen LogP contribution in [-0.4, -0.2) is 37.9 Å². The highest BCUT2D eigenvalue weighted by Gasteiger charge is 2.28. The first-order chi connectivity index (χ1) is 13.0. The Bertz CT molecular complexity index is 542. The van der Waals surface area contributed by atoms with Gasteiger partial charge in [0.2, 0.25) is 0 Å². The van der Waals surface area contributed by atoms with Crippen LogP contribution in [0.15, 0.2) is 30.3 Å². The number of nitrogens with one attached hydrogen (secondary N) is 2. The number of carbonyl (C=O) groups excluding carboxylic acids is 1. The molecule has 0 spiro atoms. The van der Waals surface area contributed by atoms with E-state index in [1.165, 1.54) is 0 Å². The maximum atomic E-state index is 12.2. The first-order valence-electron chi connectivity index (χ1n) is 10.3. The molecule has 2 atom stereocenters. The number of alkyl carbamates (subject to hydrolysis) is 1. The number of piperidine rings is 1. The summed E-state index contributed by atoms with van der Waals surface area (Å²) >= 11 is 0. The van der Waals surface area contributed by atoms with Crippen molar-refractivity contribution >= 4 is 6.09 Å². The molecule has 1 aromatic rings. The van der Waals surface area contributed by atoms with E-state index in [0.29, 0.717) is 18.4 Å². The topological polar surface area (TPSA) is 59.6 Å². The van der Waals surface area contributed by atoms with Crippen LogP contribution in [0.3, 0.4) is 0 Å². The molecule has 1 aromatic carbocycles. The van der Waals surface area contributed by atoms with Gasteiger partial charge in [-0.05, 0) is 49.2 Å². The molecule has 1 amide bonds. The van der Waals surface area contributed by atoms with Crippen LogP contribution in [0.2, 0.25) is 0 Å². The first-order valence-corrected chi connectivity index (χ1v) is 10.3. The van der Waals surface area contributed by atoms with Crippen LogP contribution in [0, 0.1) is 17.8 Å². The normalized spacial score (nSPS) is 17.7. The molecule has 1 fully saturated rings. The van der Waals surface area contributed by atoms with Crippen molar-refractivity contribution in [1.29, 1.82) is 0 Å². The van der Waals surface area contributed by atoms with Crippen molar-refractivity contribution < 1.29 is 14.3 Å². The predicted octanol–water partition coefficient (Wildman–Crippen LogP) is 3.98. The summed E-state index contributed by atoms with van der Waals surface area (Å²) in [4.78, 5) is 12.2. The zero-order valence-electron chi connectivity index (χ0n) is 17.2. The van der Waals surface area contributed by atoms with E-state index in [4.69, 9.17) is 9.47 Å². The van der Waals surface area contributed by atoms with Crippen molar-refractivity contribution in [2.24, 2.45) is 17.8 Å². The number of ether oxygens (including phenoxy) is 2. The molecule has 2 N–H and O–H groups in total. The van der Waals surface area contributed by atoms with Gasteiger partial charge in [0.25, 0.3) is 0 Å². The van der Waals surface area contributed by atoms with E-state index in [9.17, 15) is 4.79 Å². The lowest BCUT2D eigenvalue weighted by Gasteiger charge is -2.35. The van der Waals surface area contributed by atoms with Gasteiger partial charge in [-0.15, -0.1) is 0 Å². The Balaban J connectivity index is 1.83. The van der Waals surface area contributed by atoms with E-state index in [-0.39, 0.29) is 30.8 Å². The molecule has 1 aliphatic rings. The smallest absolute Gasteiger partial charge is 0.407 e. The molecule has 1 aliphatic heterocycles. The Labute approximate surface area is 164 Å². The molecular weight excluding hydrogens is 340 g/mol. The minimum atomic E-state index is -0.385. The van der Waals surface area contributed by atoms with Crippen LogP contribution >= 0.6 is 0 Å². The summed E-state index contributed by atoms with van der Waals surface area (Å²) in [5.41, 5.74) is 0.982. The van der Waals surface area contributed by atoms with Gasteiger partial charge >= 0.3 is 6.09 Å². The van der Waals surface area contributed by atoms with Crippen molar-refractivity contribution in [2.75, 3.05) is 19.7 Å². The third kappa shape index (κ3) is 7.51. The van der Waals surface area contributed by atoms with Gasteiger partial charge in [-0.1, -0.05) is 58.0 Å². The average molecular weight is 377 g/mol. The van der Waals surface area contributed by atoms with Crippen LogP contribution in [0.4, 0.5) is 4.79 Å². The number of carbonyl (C=O) groups is 1. The van der Waals surface area contributed by atoms with Gasteiger partial charge in [-0.3, -0.25) is 0 Å². The molecule has 2 rings (SSSR count). The maximum absolute atomic E-state index is 12.2. The molecule has 0 bridgehead atoms. The molecule has 1 unspecified atom stereocenters. The van der Waals surface area contributed by atoms with Crippen LogP contribution < -0.4 is 10.6 Å². The number of benzene rings is 1. The van der Waals surface area contributed by atoms with Crippen LogP contribution in [-0.2, 0) is 16.1 Å². The Hall–Kier alpha value is -1.59. The largest absolute Gasteiger partial charge is 0.445 e. The van der Waals surface area contributed by atoms with Gasteiger partial charge in [-0.2, -0.15) is 0 Å². The molecule has 0 radical (unpaired) electrons. The molecule has 152 valence electrons. The van der Waals surface area contributed by atoms with Crippen molar-refractivity contribution in [3.8, 4) is 0 Å². The number of hydrogen-bond acceptors (Lipinski definition) is 4. The Morgan fingerprint density at radius 1 is 1.11 bits per heavy atom. The summed E-state index contributed by atoms with van der Waals surface area (Å²) in [5, 5.41) is 6.40. The van der Waals surface area contributed by atoms with Crippen LogP contribution in [0.25, 0.3) is 0 Å². The Morgan fingerprint density at radius 2 is 1.78 bits per heavy atom. The molecule has 27 heavy (non-hydrogen) atoms. The van der Waals surface area contributed by atoms with Gasteiger partial charge in [0, 0.05) is 0 Å². The summed E-state index contributed by atoms with van der Waals surface area (Å²) in [5.74, 6) is 1.32. The van der Waals surface area contributed by atoms with E-state index in [1.54, 1.807) is 0 Å². The lowest BCUT2D eigenvalue weighted by molar-refractivity contribution is -0.0391. The van der Waals surface area contributed by atoms with Crippen molar-refractivity contribution in [3.63, 3.8) is 0 Å². The van der Waals surface area contributed by atoms with Crippen LogP contribution in [0.5, 0.6) is 0 Å². The van der Waals surface area contributed by atoms with E-state index < -0.39 is 0 Å². The third-order valence-corrected chi connectivity index (χ3v) is 5.29. The lowest BCUT2D eigenvalue weighted by atomic mass is 9.86. The zero-order valence-corrected chi connectivity index (χ0v) is 17.2. The molecule has 0 aliphatic carbocycles. The quantitative estimate of drug-likeness (QED) is 0.684. The number of amides is 1. The standard InChI is InChI=1S/C22H36N2O3/c1-16(2)20(24-22(25)27-14-18-8-6-5-7-9-18)15-26-21(17(3)4)19-10-12-23-13-11-19/h5-9,16-17,19-21,23H,10-15H2,1-4H3,(H,24,25)/t20?,21-/m1/s1. The summed E-state index contributed by atoms with van der Waals surface area (Å²) in [7, 11) is 0.